The van der Waals surface area contributed by atoms with E-state index in [1.807, 2.05) is 11.6 Å². The summed E-state index contributed by atoms with van der Waals surface area (Å²) < 4.78 is 56.0. The van der Waals surface area contributed by atoms with Crippen molar-refractivity contribution in [3.8, 4) is 17.2 Å². The molecule has 31 heavy (non-hydrogen) atoms. The number of halogens is 4. The van der Waals surface area contributed by atoms with Crippen LogP contribution < -0.4 is 4.90 Å². The van der Waals surface area contributed by atoms with Crippen LogP contribution in [0.25, 0.3) is 11.1 Å². The molecule has 160 valence electrons. The number of nitrogens with zero attached hydrogens (tertiary/aromatic N) is 6. The standard InChI is InChI=1S/C21H18F4N6/c1-30-12-28-29-20(30)13-6-8-31(9-7-13)19-15(14-2-5-18(22)27-11-14)3-4-17(16(19)10-26)21(23,24)25/h2-5,11-13H,6-9H2,1H3. The maximum Gasteiger partial charge on any atom is 0.417 e. The largest absolute Gasteiger partial charge is 0.417 e. The lowest BCUT2D eigenvalue weighted by molar-refractivity contribution is -0.137. The fourth-order valence-electron chi connectivity index (χ4n) is 4.06. The number of nitriles is 1. The van der Waals surface area contributed by atoms with Crippen molar-refractivity contribution in [3.63, 3.8) is 0 Å². The van der Waals surface area contributed by atoms with Crippen LogP contribution in [0.4, 0.5) is 23.2 Å². The van der Waals surface area contributed by atoms with E-state index in [-0.39, 0.29) is 11.6 Å². The van der Waals surface area contributed by atoms with E-state index in [4.69, 9.17) is 0 Å². The average molecular weight is 430 g/mol. The Kier molecular flexibility index (Phi) is 5.35. The van der Waals surface area contributed by atoms with E-state index < -0.39 is 23.3 Å². The van der Waals surface area contributed by atoms with Crippen molar-refractivity contribution in [1.29, 1.82) is 5.26 Å². The number of benzene rings is 1. The Hall–Kier alpha value is -3.48. The van der Waals surface area contributed by atoms with Gasteiger partial charge in [-0.05, 0) is 31.0 Å². The van der Waals surface area contributed by atoms with E-state index in [1.165, 1.54) is 18.3 Å². The van der Waals surface area contributed by atoms with Gasteiger partial charge in [0, 0.05) is 43.4 Å². The van der Waals surface area contributed by atoms with Crippen LogP contribution in [-0.2, 0) is 13.2 Å². The minimum Gasteiger partial charge on any atom is -0.370 e. The summed E-state index contributed by atoms with van der Waals surface area (Å²) in [6, 6.07) is 6.56. The minimum absolute atomic E-state index is 0.121. The molecule has 0 saturated carbocycles. The van der Waals surface area contributed by atoms with Gasteiger partial charge < -0.3 is 9.47 Å². The average Bonchev–Trinajstić information content (AvgIpc) is 3.18. The Labute approximate surface area is 175 Å². The van der Waals surface area contributed by atoms with Gasteiger partial charge >= 0.3 is 6.18 Å². The maximum atomic E-state index is 13.6. The number of piperidine rings is 1. The van der Waals surface area contributed by atoms with Crippen LogP contribution in [0.15, 0.2) is 36.8 Å². The van der Waals surface area contributed by atoms with Gasteiger partial charge in [-0.1, -0.05) is 6.07 Å². The fourth-order valence-corrected chi connectivity index (χ4v) is 4.06. The number of aromatic nitrogens is 4. The number of alkyl halides is 3. The summed E-state index contributed by atoms with van der Waals surface area (Å²) in [5.41, 5.74) is -0.376. The summed E-state index contributed by atoms with van der Waals surface area (Å²) in [5, 5.41) is 17.7. The second-order valence-corrected chi connectivity index (χ2v) is 7.42. The first-order valence-electron chi connectivity index (χ1n) is 9.64. The van der Waals surface area contributed by atoms with Gasteiger partial charge in [0.2, 0.25) is 5.95 Å². The van der Waals surface area contributed by atoms with E-state index in [0.717, 1.165) is 18.0 Å². The van der Waals surface area contributed by atoms with Crippen molar-refractivity contribution in [2.75, 3.05) is 18.0 Å². The first kappa shape index (κ1) is 20.8. The minimum atomic E-state index is -4.67. The highest BCUT2D eigenvalue weighted by atomic mass is 19.4. The monoisotopic (exact) mass is 430 g/mol. The van der Waals surface area contributed by atoms with Crippen molar-refractivity contribution in [1.82, 2.24) is 19.7 Å². The normalized spacial score (nSPS) is 15.2. The molecule has 3 aromatic rings. The molecular formula is C21H18F4N6. The topological polar surface area (TPSA) is 70.6 Å². The molecule has 1 aromatic carbocycles. The molecule has 0 atom stereocenters. The summed E-state index contributed by atoms with van der Waals surface area (Å²) in [5.74, 6) is 0.255. The van der Waals surface area contributed by atoms with Gasteiger partial charge in [0.05, 0.1) is 16.8 Å². The number of anilines is 1. The highest BCUT2D eigenvalue weighted by Crippen LogP contribution is 2.43. The van der Waals surface area contributed by atoms with Gasteiger partial charge in [0.15, 0.2) is 0 Å². The molecule has 10 heteroatoms. The van der Waals surface area contributed by atoms with Crippen LogP contribution in [0, 0.1) is 17.3 Å². The zero-order valence-corrected chi connectivity index (χ0v) is 16.6. The number of hydrogen-bond acceptors (Lipinski definition) is 5. The van der Waals surface area contributed by atoms with Crippen molar-refractivity contribution >= 4 is 5.69 Å². The Balaban J connectivity index is 1.77. The van der Waals surface area contributed by atoms with Crippen molar-refractivity contribution in [2.24, 2.45) is 7.05 Å². The summed E-state index contributed by atoms with van der Waals surface area (Å²) in [7, 11) is 1.85. The molecule has 1 fully saturated rings. The predicted octanol–water partition coefficient (Wildman–Crippen LogP) is 4.29. The van der Waals surface area contributed by atoms with E-state index in [9.17, 15) is 22.8 Å². The van der Waals surface area contributed by atoms with E-state index in [1.54, 1.807) is 17.3 Å². The second kappa shape index (κ2) is 7.98. The van der Waals surface area contributed by atoms with Gasteiger partial charge in [0.25, 0.3) is 0 Å². The SMILES string of the molecule is Cn1cnnc1C1CCN(c2c(-c3ccc(F)nc3)ccc(C(F)(F)F)c2C#N)CC1. The number of hydrogen-bond donors (Lipinski definition) is 0. The quantitative estimate of drug-likeness (QED) is 0.458. The number of rotatable bonds is 3. The van der Waals surface area contributed by atoms with Gasteiger partial charge in [-0.3, -0.25) is 0 Å². The lowest BCUT2D eigenvalue weighted by Crippen LogP contribution is -2.35. The van der Waals surface area contributed by atoms with E-state index >= 15 is 0 Å². The zero-order valence-electron chi connectivity index (χ0n) is 16.6. The zero-order chi connectivity index (χ0) is 22.2. The Morgan fingerprint density at radius 1 is 1.13 bits per heavy atom. The highest BCUT2D eigenvalue weighted by molar-refractivity contribution is 5.84. The van der Waals surface area contributed by atoms with E-state index in [0.29, 0.717) is 37.1 Å². The van der Waals surface area contributed by atoms with Crippen LogP contribution in [0.2, 0.25) is 0 Å². The smallest absolute Gasteiger partial charge is 0.370 e. The molecule has 0 amide bonds. The number of pyridine rings is 1. The second-order valence-electron chi connectivity index (χ2n) is 7.42. The summed E-state index contributed by atoms with van der Waals surface area (Å²) in [6.07, 6.45) is -0.503. The Morgan fingerprint density at radius 2 is 1.87 bits per heavy atom. The van der Waals surface area contributed by atoms with Crippen molar-refractivity contribution < 1.29 is 17.6 Å². The number of aryl methyl sites for hydroxylation is 1. The molecule has 6 nitrogen and oxygen atoms in total. The van der Waals surface area contributed by atoms with Crippen molar-refractivity contribution in [3.05, 3.63) is 59.7 Å². The maximum absolute atomic E-state index is 13.6. The third-order valence-electron chi connectivity index (χ3n) is 5.56. The lowest BCUT2D eigenvalue weighted by Gasteiger charge is -2.35. The fraction of sp³-hybridized carbons (Fsp3) is 0.333. The Morgan fingerprint density at radius 3 is 2.42 bits per heavy atom. The molecule has 0 radical (unpaired) electrons. The van der Waals surface area contributed by atoms with Crippen LogP contribution >= 0.6 is 0 Å². The molecular weight excluding hydrogens is 412 g/mol. The van der Waals surface area contributed by atoms with Gasteiger partial charge in [-0.2, -0.15) is 22.8 Å². The summed E-state index contributed by atoms with van der Waals surface area (Å²) in [4.78, 5) is 5.41. The predicted molar refractivity (Wildman–Crippen MR) is 105 cm³/mol. The Bertz CT molecular complexity index is 1120. The van der Waals surface area contributed by atoms with Crippen molar-refractivity contribution in [2.45, 2.75) is 24.9 Å². The van der Waals surface area contributed by atoms with Crippen LogP contribution in [-0.4, -0.2) is 32.8 Å². The molecule has 1 aliphatic heterocycles. The molecule has 4 rings (SSSR count). The molecule has 3 heterocycles. The molecule has 0 unspecified atom stereocenters. The molecule has 0 N–H and O–H groups in total. The van der Waals surface area contributed by atoms with Gasteiger partial charge in [-0.15, -0.1) is 10.2 Å². The molecule has 0 bridgehead atoms. The highest BCUT2D eigenvalue weighted by Gasteiger charge is 2.37. The van der Waals surface area contributed by atoms with Gasteiger partial charge in [0.1, 0.15) is 18.2 Å². The first-order chi connectivity index (χ1) is 14.8. The first-order valence-corrected chi connectivity index (χ1v) is 9.64. The molecule has 0 aliphatic carbocycles. The molecule has 2 aromatic heterocycles. The molecule has 1 saturated heterocycles. The van der Waals surface area contributed by atoms with Crippen LogP contribution in [0.3, 0.4) is 0 Å². The van der Waals surface area contributed by atoms with Crippen LogP contribution in [0.1, 0.15) is 35.7 Å². The van der Waals surface area contributed by atoms with Gasteiger partial charge in [-0.25, -0.2) is 4.98 Å². The molecule has 1 aliphatic rings. The molecule has 0 spiro atoms. The van der Waals surface area contributed by atoms with Crippen LogP contribution in [0.5, 0.6) is 0 Å². The summed E-state index contributed by atoms with van der Waals surface area (Å²) in [6.45, 7) is 0.879. The summed E-state index contributed by atoms with van der Waals surface area (Å²) >= 11 is 0. The third-order valence-corrected chi connectivity index (χ3v) is 5.56. The van der Waals surface area contributed by atoms with E-state index in [2.05, 4.69) is 15.2 Å². The lowest BCUT2D eigenvalue weighted by atomic mass is 9.91. The third kappa shape index (κ3) is 3.95.